The summed E-state index contributed by atoms with van der Waals surface area (Å²) in [4.78, 5) is 10.3. The van der Waals surface area contributed by atoms with Crippen LogP contribution in [-0.4, -0.2) is 23.2 Å². The summed E-state index contributed by atoms with van der Waals surface area (Å²) in [5.41, 5.74) is 2.01. The fourth-order valence-corrected chi connectivity index (χ4v) is 2.67. The highest BCUT2D eigenvalue weighted by atomic mass is 16.6. The van der Waals surface area contributed by atoms with Crippen molar-refractivity contribution in [2.45, 2.75) is 51.9 Å². The van der Waals surface area contributed by atoms with E-state index in [4.69, 9.17) is 4.74 Å². The van der Waals surface area contributed by atoms with E-state index in [1.165, 1.54) is 0 Å². The molecule has 0 aliphatic carbocycles. The van der Waals surface area contributed by atoms with Crippen molar-refractivity contribution in [1.29, 1.82) is 0 Å². The molecule has 5 heteroatoms. The van der Waals surface area contributed by atoms with Crippen LogP contribution < -0.4 is 5.32 Å². The average Bonchev–Trinajstić information content (AvgIpc) is 2.30. The second-order valence-electron chi connectivity index (χ2n) is 5.33. The number of hydrogen-bond acceptors (Lipinski definition) is 4. The van der Waals surface area contributed by atoms with Gasteiger partial charge in [0, 0.05) is 23.9 Å². The van der Waals surface area contributed by atoms with Crippen LogP contribution in [-0.2, 0) is 4.74 Å². The summed E-state index contributed by atoms with van der Waals surface area (Å²) in [6.45, 7) is 6.04. The summed E-state index contributed by atoms with van der Waals surface area (Å²) in [6, 6.07) is 5.30. The van der Waals surface area contributed by atoms with Gasteiger partial charge in [0.1, 0.15) is 0 Å². The van der Waals surface area contributed by atoms with E-state index >= 15 is 0 Å². The predicted molar refractivity (Wildman–Crippen MR) is 74.5 cm³/mol. The minimum absolute atomic E-state index is 0.136. The van der Waals surface area contributed by atoms with Crippen LogP contribution in [0, 0.1) is 17.0 Å². The van der Waals surface area contributed by atoms with E-state index in [0.717, 1.165) is 24.1 Å². The molecule has 2 rings (SSSR count). The molecule has 1 saturated heterocycles. The lowest BCUT2D eigenvalue weighted by Gasteiger charge is -2.33. The Morgan fingerprint density at radius 2 is 1.95 bits per heavy atom. The highest BCUT2D eigenvalue weighted by Crippen LogP contribution is 2.26. The van der Waals surface area contributed by atoms with Crippen LogP contribution in [0.4, 0.5) is 11.4 Å². The third-order valence-corrected chi connectivity index (χ3v) is 3.48. The van der Waals surface area contributed by atoms with Gasteiger partial charge in [-0.1, -0.05) is 0 Å². The molecule has 1 aromatic rings. The zero-order chi connectivity index (χ0) is 14.0. The Balaban J connectivity index is 2.08. The smallest absolute Gasteiger partial charge is 0.269 e. The Bertz CT molecular complexity index is 466. The van der Waals surface area contributed by atoms with E-state index < -0.39 is 0 Å². The van der Waals surface area contributed by atoms with Gasteiger partial charge in [-0.3, -0.25) is 10.1 Å². The van der Waals surface area contributed by atoms with Gasteiger partial charge >= 0.3 is 0 Å². The molecule has 1 fully saturated rings. The number of ether oxygens (including phenoxy) is 1. The van der Waals surface area contributed by atoms with Gasteiger partial charge in [-0.15, -0.1) is 0 Å². The van der Waals surface area contributed by atoms with Crippen molar-refractivity contribution in [2.75, 3.05) is 5.32 Å². The maximum Gasteiger partial charge on any atom is 0.269 e. The third-order valence-electron chi connectivity index (χ3n) is 3.48. The van der Waals surface area contributed by atoms with Gasteiger partial charge in [-0.25, -0.2) is 0 Å². The van der Waals surface area contributed by atoms with Gasteiger partial charge in [0.2, 0.25) is 0 Å². The lowest BCUT2D eigenvalue weighted by molar-refractivity contribution is -0.384. The monoisotopic (exact) mass is 264 g/mol. The molecule has 1 N–H and O–H groups in total. The fourth-order valence-electron chi connectivity index (χ4n) is 2.67. The first-order chi connectivity index (χ1) is 8.95. The number of rotatable bonds is 3. The number of non-ortho nitro benzene ring substituents is 1. The maximum absolute atomic E-state index is 10.7. The average molecular weight is 264 g/mol. The summed E-state index contributed by atoms with van der Waals surface area (Å²) in [7, 11) is 0. The zero-order valence-corrected chi connectivity index (χ0v) is 11.6. The molecule has 0 amide bonds. The normalized spacial score (nSPS) is 27.0. The number of hydrogen-bond donors (Lipinski definition) is 1. The standard InChI is InChI=1S/C14H20N2O3/c1-9-6-13(16(17)18)4-5-14(9)15-12-7-10(2)19-11(3)8-12/h4-6,10-12,15H,7-8H2,1-3H3. The Morgan fingerprint density at radius 1 is 1.32 bits per heavy atom. The summed E-state index contributed by atoms with van der Waals surface area (Å²) in [6.07, 6.45) is 2.42. The van der Waals surface area contributed by atoms with Crippen LogP contribution in [0.5, 0.6) is 0 Å². The zero-order valence-electron chi connectivity index (χ0n) is 11.6. The van der Waals surface area contributed by atoms with Crippen LogP contribution >= 0.6 is 0 Å². The molecule has 2 atom stereocenters. The lowest BCUT2D eigenvalue weighted by atomic mass is 9.99. The number of nitro benzene ring substituents is 1. The number of nitrogens with one attached hydrogen (secondary N) is 1. The van der Waals surface area contributed by atoms with Crippen molar-refractivity contribution in [3.63, 3.8) is 0 Å². The van der Waals surface area contributed by atoms with Crippen molar-refractivity contribution in [3.8, 4) is 0 Å². The summed E-state index contributed by atoms with van der Waals surface area (Å²) >= 11 is 0. The van der Waals surface area contributed by atoms with Gasteiger partial charge in [-0.05, 0) is 45.2 Å². The highest BCUT2D eigenvalue weighted by molar-refractivity contribution is 5.55. The molecular formula is C14H20N2O3. The molecule has 2 unspecified atom stereocenters. The molecular weight excluding hydrogens is 244 g/mol. The minimum Gasteiger partial charge on any atom is -0.382 e. The van der Waals surface area contributed by atoms with Crippen molar-refractivity contribution < 1.29 is 9.66 Å². The first-order valence-corrected chi connectivity index (χ1v) is 6.62. The van der Waals surface area contributed by atoms with Crippen LogP contribution in [0.1, 0.15) is 32.3 Å². The molecule has 104 valence electrons. The Labute approximate surface area is 113 Å². The minimum atomic E-state index is -0.366. The van der Waals surface area contributed by atoms with Crippen LogP contribution in [0.25, 0.3) is 0 Å². The van der Waals surface area contributed by atoms with E-state index in [0.29, 0.717) is 6.04 Å². The first-order valence-electron chi connectivity index (χ1n) is 6.62. The van der Waals surface area contributed by atoms with E-state index in [9.17, 15) is 10.1 Å². The van der Waals surface area contributed by atoms with Crippen LogP contribution in [0.15, 0.2) is 18.2 Å². The highest BCUT2D eigenvalue weighted by Gasteiger charge is 2.24. The molecule has 1 aliphatic heterocycles. The predicted octanol–water partition coefficient (Wildman–Crippen LogP) is 3.27. The molecule has 19 heavy (non-hydrogen) atoms. The third kappa shape index (κ3) is 3.44. The molecule has 1 heterocycles. The van der Waals surface area contributed by atoms with E-state index in [1.807, 2.05) is 6.92 Å². The van der Waals surface area contributed by atoms with E-state index in [-0.39, 0.29) is 22.8 Å². The Morgan fingerprint density at radius 3 is 2.47 bits per heavy atom. The second kappa shape index (κ2) is 5.57. The van der Waals surface area contributed by atoms with Gasteiger partial charge < -0.3 is 10.1 Å². The molecule has 0 saturated carbocycles. The largest absolute Gasteiger partial charge is 0.382 e. The summed E-state index contributed by atoms with van der Waals surface area (Å²) < 4.78 is 5.71. The number of anilines is 1. The Kier molecular flexibility index (Phi) is 4.04. The summed E-state index contributed by atoms with van der Waals surface area (Å²) in [5, 5.41) is 14.2. The lowest BCUT2D eigenvalue weighted by Crippen LogP contribution is -2.37. The quantitative estimate of drug-likeness (QED) is 0.672. The van der Waals surface area contributed by atoms with Crippen LogP contribution in [0.2, 0.25) is 0 Å². The molecule has 0 bridgehead atoms. The topological polar surface area (TPSA) is 64.4 Å². The SMILES string of the molecule is Cc1cc([N+](=O)[O-])ccc1NC1CC(C)OC(C)C1. The molecule has 5 nitrogen and oxygen atoms in total. The number of aryl methyl sites for hydroxylation is 1. The van der Waals surface area contributed by atoms with Crippen LogP contribution in [0.3, 0.4) is 0 Å². The van der Waals surface area contributed by atoms with E-state index in [2.05, 4.69) is 19.2 Å². The Hall–Kier alpha value is -1.62. The van der Waals surface area contributed by atoms with Crippen molar-refractivity contribution >= 4 is 11.4 Å². The summed E-state index contributed by atoms with van der Waals surface area (Å²) in [5.74, 6) is 0. The van der Waals surface area contributed by atoms with Gasteiger partial charge in [0.15, 0.2) is 0 Å². The number of nitrogens with zero attached hydrogens (tertiary/aromatic N) is 1. The van der Waals surface area contributed by atoms with Crippen molar-refractivity contribution in [2.24, 2.45) is 0 Å². The van der Waals surface area contributed by atoms with Crippen molar-refractivity contribution in [1.82, 2.24) is 0 Å². The van der Waals surface area contributed by atoms with Gasteiger partial charge in [0.25, 0.3) is 5.69 Å². The molecule has 0 spiro atoms. The van der Waals surface area contributed by atoms with Crippen molar-refractivity contribution in [3.05, 3.63) is 33.9 Å². The molecule has 0 aromatic heterocycles. The van der Waals surface area contributed by atoms with Gasteiger partial charge in [0.05, 0.1) is 17.1 Å². The first kappa shape index (κ1) is 13.8. The number of benzene rings is 1. The second-order valence-corrected chi connectivity index (χ2v) is 5.33. The maximum atomic E-state index is 10.7. The number of nitro groups is 1. The molecule has 0 radical (unpaired) electrons. The van der Waals surface area contributed by atoms with E-state index in [1.54, 1.807) is 18.2 Å². The fraction of sp³-hybridized carbons (Fsp3) is 0.571. The van der Waals surface area contributed by atoms with Gasteiger partial charge in [-0.2, -0.15) is 0 Å². The molecule has 1 aromatic carbocycles. The molecule has 1 aliphatic rings.